The van der Waals surface area contributed by atoms with Gasteiger partial charge in [0, 0.05) is 0 Å². The lowest BCUT2D eigenvalue weighted by Crippen LogP contribution is -2.26. The number of rotatable bonds is 4. The summed E-state index contributed by atoms with van der Waals surface area (Å²) in [5.74, 6) is 0. The Balaban J connectivity index is 2.23. The second kappa shape index (κ2) is 6.39. The maximum atomic E-state index is 10.4. The average Bonchev–Trinajstić information content (AvgIpc) is 2.59. The van der Waals surface area contributed by atoms with Crippen molar-refractivity contribution in [2.75, 3.05) is 6.35 Å². The Bertz CT molecular complexity index is 604. The van der Waals surface area contributed by atoms with Crippen molar-refractivity contribution in [1.82, 2.24) is 0 Å². The minimum Gasteiger partial charge on any atom is -0.361 e. The van der Waals surface area contributed by atoms with Crippen molar-refractivity contribution < 1.29 is 5.11 Å². The second-order valence-corrected chi connectivity index (χ2v) is 8.68. The Hall–Kier alpha value is -1.69. The number of hydrogen-bond acceptors (Lipinski definition) is 1. The van der Waals surface area contributed by atoms with Crippen LogP contribution in [0.1, 0.15) is 12.8 Å². The molecule has 0 heterocycles. The molecule has 0 saturated carbocycles. The zero-order valence-corrected chi connectivity index (χ0v) is 12.9. The van der Waals surface area contributed by atoms with Crippen molar-refractivity contribution in [2.45, 2.75) is 12.8 Å². The highest BCUT2D eigenvalue weighted by Crippen LogP contribution is 2.63. The molecule has 0 amide bonds. The minimum atomic E-state index is -1.93. The van der Waals surface area contributed by atoms with Gasteiger partial charge < -0.3 is 5.11 Å². The van der Waals surface area contributed by atoms with E-state index in [0.717, 1.165) is 12.8 Å². The first-order valence-electron chi connectivity index (χ1n) is 7.35. The monoisotopic (exact) mass is 295 g/mol. The molecule has 21 heavy (non-hydrogen) atoms. The maximum absolute atomic E-state index is 10.4. The van der Waals surface area contributed by atoms with Crippen molar-refractivity contribution >= 4 is 17.9 Å². The Kier molecular flexibility index (Phi) is 4.34. The first-order valence-corrected chi connectivity index (χ1v) is 9.33. The van der Waals surface area contributed by atoms with Crippen molar-refractivity contribution in [3.63, 3.8) is 0 Å². The molecule has 0 atom stereocenters. The zero-order valence-electron chi connectivity index (χ0n) is 12.0. The first kappa shape index (κ1) is 14.3. The smallest absolute Gasteiger partial charge is 0.168 e. The molecule has 0 spiro atoms. The van der Waals surface area contributed by atoms with E-state index in [0.29, 0.717) is 0 Å². The maximum Gasteiger partial charge on any atom is 0.168 e. The van der Waals surface area contributed by atoms with Gasteiger partial charge in [0.15, 0.2) is 6.35 Å². The van der Waals surface area contributed by atoms with Gasteiger partial charge in [-0.25, -0.2) is 0 Å². The lowest BCUT2D eigenvalue weighted by atomic mass is 10.2. The molecular formula is C19H20OP+. The largest absolute Gasteiger partial charge is 0.361 e. The summed E-state index contributed by atoms with van der Waals surface area (Å²) in [6.07, 6.45) is 9.09. The van der Waals surface area contributed by atoms with Crippen LogP contribution in [-0.2, 0) is 0 Å². The average molecular weight is 295 g/mol. The van der Waals surface area contributed by atoms with Gasteiger partial charge in [-0.1, -0.05) is 42.5 Å². The molecule has 0 bridgehead atoms. The topological polar surface area (TPSA) is 20.2 Å². The van der Waals surface area contributed by atoms with E-state index in [2.05, 4.69) is 66.8 Å². The Morgan fingerprint density at radius 1 is 0.810 bits per heavy atom. The molecule has 2 heteroatoms. The van der Waals surface area contributed by atoms with E-state index in [1.165, 1.54) is 15.9 Å². The zero-order chi connectivity index (χ0) is 14.5. The molecular weight excluding hydrogens is 275 g/mol. The molecule has 2 aromatic rings. The summed E-state index contributed by atoms with van der Waals surface area (Å²) < 4.78 is 0. The summed E-state index contributed by atoms with van der Waals surface area (Å²) >= 11 is 0. The van der Waals surface area contributed by atoms with Crippen LogP contribution in [0.5, 0.6) is 0 Å². The van der Waals surface area contributed by atoms with Crippen molar-refractivity contribution in [1.29, 1.82) is 0 Å². The van der Waals surface area contributed by atoms with Crippen LogP contribution in [0.4, 0.5) is 0 Å². The number of aliphatic hydroxyl groups excluding tert-OH is 1. The minimum absolute atomic E-state index is 0.178. The first-order chi connectivity index (χ1) is 10.4. The molecule has 1 aliphatic rings. The second-order valence-electron chi connectivity index (χ2n) is 5.23. The Labute approximate surface area is 127 Å². The normalized spacial score (nSPS) is 14.8. The predicted octanol–water partition coefficient (Wildman–Crippen LogP) is 3.84. The van der Waals surface area contributed by atoms with Gasteiger partial charge in [0.1, 0.15) is 23.2 Å². The molecule has 0 fully saturated rings. The van der Waals surface area contributed by atoms with Crippen molar-refractivity contribution in [2.24, 2.45) is 0 Å². The lowest BCUT2D eigenvalue weighted by Gasteiger charge is -2.27. The number of aliphatic hydroxyl groups is 1. The molecule has 0 saturated heterocycles. The number of hydrogen-bond donors (Lipinski definition) is 1. The van der Waals surface area contributed by atoms with E-state index in [4.69, 9.17) is 0 Å². The van der Waals surface area contributed by atoms with Gasteiger partial charge in [-0.2, -0.15) is 0 Å². The summed E-state index contributed by atoms with van der Waals surface area (Å²) in [6.45, 7) is 0. The highest BCUT2D eigenvalue weighted by Gasteiger charge is 2.45. The Morgan fingerprint density at radius 2 is 1.38 bits per heavy atom. The summed E-state index contributed by atoms with van der Waals surface area (Å²) in [5, 5.41) is 14.2. The van der Waals surface area contributed by atoms with E-state index in [9.17, 15) is 5.11 Å². The molecule has 2 aromatic carbocycles. The standard InChI is InChI=1S/C19H20OP/c20-16-21(17-10-4-1-5-11-17,18-12-6-2-7-13-18)19-14-8-3-9-15-19/h1-2,4-8,10-15,20H,3,9,16H2/q+1. The molecule has 0 aromatic heterocycles. The highest BCUT2D eigenvalue weighted by molar-refractivity contribution is 7.93. The van der Waals surface area contributed by atoms with Crippen molar-refractivity contribution in [3.8, 4) is 0 Å². The van der Waals surface area contributed by atoms with Gasteiger partial charge in [0.2, 0.25) is 0 Å². The third-order valence-electron chi connectivity index (χ3n) is 4.02. The third-order valence-corrected chi connectivity index (χ3v) is 8.02. The highest BCUT2D eigenvalue weighted by atomic mass is 31.2. The number of benzene rings is 2. The van der Waals surface area contributed by atoms with E-state index in [1.54, 1.807) is 0 Å². The molecule has 106 valence electrons. The van der Waals surface area contributed by atoms with Crippen LogP contribution in [-0.4, -0.2) is 11.5 Å². The molecule has 0 unspecified atom stereocenters. The SMILES string of the molecule is OC[P+](C1=CCCC=C1)(c1ccccc1)c1ccccc1. The molecule has 1 nitrogen and oxygen atoms in total. The molecule has 3 rings (SSSR count). The van der Waals surface area contributed by atoms with Crippen LogP contribution >= 0.6 is 7.26 Å². The van der Waals surface area contributed by atoms with Gasteiger partial charge in [0.05, 0.1) is 0 Å². The fraction of sp³-hybridized carbons (Fsp3) is 0.158. The van der Waals surface area contributed by atoms with Crippen LogP contribution in [0, 0.1) is 0 Å². The van der Waals surface area contributed by atoms with Gasteiger partial charge in [-0.15, -0.1) is 0 Å². The molecule has 1 aliphatic carbocycles. The summed E-state index contributed by atoms with van der Waals surface area (Å²) in [6, 6.07) is 20.9. The van der Waals surface area contributed by atoms with Gasteiger partial charge in [0.25, 0.3) is 0 Å². The quantitative estimate of drug-likeness (QED) is 0.850. The van der Waals surface area contributed by atoms with Crippen LogP contribution in [0.25, 0.3) is 0 Å². The fourth-order valence-corrected chi connectivity index (χ4v) is 6.49. The van der Waals surface area contributed by atoms with Gasteiger partial charge in [-0.3, -0.25) is 0 Å². The summed E-state index contributed by atoms with van der Waals surface area (Å²) in [5.41, 5.74) is 0. The van der Waals surface area contributed by atoms with E-state index >= 15 is 0 Å². The molecule has 1 N–H and O–H groups in total. The fourth-order valence-electron chi connectivity index (χ4n) is 2.94. The summed E-state index contributed by atoms with van der Waals surface area (Å²) in [4.78, 5) is 0. The van der Waals surface area contributed by atoms with Crippen LogP contribution in [0.15, 0.2) is 84.2 Å². The van der Waals surface area contributed by atoms with Crippen molar-refractivity contribution in [3.05, 3.63) is 84.2 Å². The molecule has 0 aliphatic heterocycles. The third kappa shape index (κ3) is 2.60. The summed E-state index contributed by atoms with van der Waals surface area (Å²) in [7, 11) is -1.93. The van der Waals surface area contributed by atoms with Crippen LogP contribution in [0.3, 0.4) is 0 Å². The predicted molar refractivity (Wildman–Crippen MR) is 92.6 cm³/mol. The van der Waals surface area contributed by atoms with E-state index in [-0.39, 0.29) is 6.35 Å². The van der Waals surface area contributed by atoms with Gasteiger partial charge in [-0.05, 0) is 49.3 Å². The lowest BCUT2D eigenvalue weighted by molar-refractivity contribution is 0.370. The van der Waals surface area contributed by atoms with Gasteiger partial charge >= 0.3 is 0 Å². The molecule has 0 radical (unpaired) electrons. The van der Waals surface area contributed by atoms with E-state index in [1.807, 2.05) is 12.1 Å². The van der Waals surface area contributed by atoms with Crippen LogP contribution in [0.2, 0.25) is 0 Å². The Morgan fingerprint density at radius 3 is 1.81 bits per heavy atom. The van der Waals surface area contributed by atoms with E-state index < -0.39 is 7.26 Å². The van der Waals surface area contributed by atoms with Crippen LogP contribution < -0.4 is 10.6 Å². The number of allylic oxidation sites excluding steroid dienone is 4.